The van der Waals surface area contributed by atoms with Crippen LogP contribution in [0.2, 0.25) is 0 Å². The molecule has 0 amide bonds. The lowest BCUT2D eigenvalue weighted by Gasteiger charge is -2.28. The average Bonchev–Trinajstić information content (AvgIpc) is 2.55. The summed E-state index contributed by atoms with van der Waals surface area (Å²) in [6, 6.07) is 12.7. The van der Waals surface area contributed by atoms with Crippen molar-refractivity contribution in [1.82, 2.24) is 9.88 Å². The summed E-state index contributed by atoms with van der Waals surface area (Å²) in [4.78, 5) is 7.81. The van der Waals surface area contributed by atoms with E-state index in [2.05, 4.69) is 34.1 Å². The van der Waals surface area contributed by atoms with Gasteiger partial charge >= 0.3 is 0 Å². The lowest BCUT2D eigenvalue weighted by Crippen LogP contribution is -2.32. The van der Waals surface area contributed by atoms with Gasteiger partial charge in [0, 0.05) is 36.5 Å². The van der Waals surface area contributed by atoms with Gasteiger partial charge in [0.2, 0.25) is 0 Å². The SMILES string of the molecule is OCc1cc(SCCN2CCc3ccccc3C2)ccn1. The minimum atomic E-state index is 0.0112. The molecule has 2 aromatic rings. The largest absolute Gasteiger partial charge is 0.390 e. The predicted molar refractivity (Wildman–Crippen MR) is 86.3 cm³/mol. The van der Waals surface area contributed by atoms with E-state index in [1.165, 1.54) is 16.0 Å². The Bertz CT molecular complexity index is 603. The van der Waals surface area contributed by atoms with Crippen LogP contribution in [0, 0.1) is 0 Å². The molecule has 110 valence electrons. The van der Waals surface area contributed by atoms with Crippen LogP contribution in [0.4, 0.5) is 0 Å². The molecule has 1 aliphatic rings. The molecule has 3 nitrogen and oxygen atoms in total. The van der Waals surface area contributed by atoms with Gasteiger partial charge in [-0.2, -0.15) is 0 Å². The van der Waals surface area contributed by atoms with Crippen molar-refractivity contribution in [2.45, 2.75) is 24.5 Å². The highest BCUT2D eigenvalue weighted by Gasteiger charge is 2.14. The van der Waals surface area contributed by atoms with Crippen molar-refractivity contribution < 1.29 is 5.11 Å². The number of benzene rings is 1. The van der Waals surface area contributed by atoms with Gasteiger partial charge in [-0.25, -0.2) is 0 Å². The molecule has 1 aliphatic heterocycles. The van der Waals surface area contributed by atoms with Gasteiger partial charge in [-0.1, -0.05) is 24.3 Å². The van der Waals surface area contributed by atoms with Crippen LogP contribution in [-0.4, -0.2) is 33.8 Å². The topological polar surface area (TPSA) is 36.4 Å². The second-order valence-electron chi connectivity index (χ2n) is 5.28. The van der Waals surface area contributed by atoms with Gasteiger partial charge in [0.1, 0.15) is 0 Å². The summed E-state index contributed by atoms with van der Waals surface area (Å²) in [6.07, 6.45) is 2.93. The van der Waals surface area contributed by atoms with Crippen LogP contribution in [0.5, 0.6) is 0 Å². The first-order valence-corrected chi connectivity index (χ1v) is 8.31. The van der Waals surface area contributed by atoms with Crippen molar-refractivity contribution in [3.8, 4) is 0 Å². The number of nitrogens with zero attached hydrogens (tertiary/aromatic N) is 2. The smallest absolute Gasteiger partial charge is 0.0853 e. The highest BCUT2D eigenvalue weighted by molar-refractivity contribution is 7.99. The predicted octanol–water partition coefficient (Wildman–Crippen LogP) is 2.72. The van der Waals surface area contributed by atoms with Crippen molar-refractivity contribution in [3.05, 3.63) is 59.4 Å². The summed E-state index contributed by atoms with van der Waals surface area (Å²) in [5.74, 6) is 1.07. The molecule has 0 radical (unpaired) electrons. The van der Waals surface area contributed by atoms with Crippen LogP contribution in [-0.2, 0) is 19.6 Å². The number of thioether (sulfide) groups is 1. The van der Waals surface area contributed by atoms with Gasteiger partial charge in [0.15, 0.2) is 0 Å². The minimum Gasteiger partial charge on any atom is -0.390 e. The molecule has 1 N–H and O–H groups in total. The Kier molecular flexibility index (Phi) is 4.91. The number of hydrogen-bond donors (Lipinski definition) is 1. The third-order valence-electron chi connectivity index (χ3n) is 3.84. The van der Waals surface area contributed by atoms with E-state index in [0.29, 0.717) is 0 Å². The fourth-order valence-electron chi connectivity index (χ4n) is 2.67. The number of fused-ring (bicyclic) bond motifs is 1. The molecular weight excluding hydrogens is 280 g/mol. The lowest BCUT2D eigenvalue weighted by atomic mass is 10.0. The molecule has 0 saturated heterocycles. The Labute approximate surface area is 130 Å². The number of pyridine rings is 1. The molecule has 0 bridgehead atoms. The molecule has 21 heavy (non-hydrogen) atoms. The second-order valence-corrected chi connectivity index (χ2v) is 6.45. The standard InChI is InChI=1S/C17H20N2OS/c20-13-16-11-17(5-7-18-16)21-10-9-19-8-6-14-3-1-2-4-15(14)12-19/h1-5,7,11,20H,6,8-10,12-13H2. The number of hydrogen-bond acceptors (Lipinski definition) is 4. The van der Waals surface area contributed by atoms with Crippen LogP contribution in [0.3, 0.4) is 0 Å². The van der Waals surface area contributed by atoms with E-state index in [1.54, 1.807) is 6.20 Å². The van der Waals surface area contributed by atoms with E-state index in [0.717, 1.165) is 37.5 Å². The second kappa shape index (κ2) is 7.07. The number of aliphatic hydroxyl groups is 1. The zero-order valence-corrected chi connectivity index (χ0v) is 12.9. The quantitative estimate of drug-likeness (QED) is 0.861. The highest BCUT2D eigenvalue weighted by atomic mass is 32.2. The molecule has 3 rings (SSSR count). The molecule has 0 saturated carbocycles. The molecule has 1 aromatic carbocycles. The van der Waals surface area contributed by atoms with Crippen molar-refractivity contribution in [3.63, 3.8) is 0 Å². The maximum Gasteiger partial charge on any atom is 0.0853 e. The molecule has 4 heteroatoms. The Balaban J connectivity index is 1.50. The van der Waals surface area contributed by atoms with E-state index < -0.39 is 0 Å². The molecule has 0 aliphatic carbocycles. The van der Waals surface area contributed by atoms with Crippen LogP contribution >= 0.6 is 11.8 Å². The molecule has 0 unspecified atom stereocenters. The number of aliphatic hydroxyl groups excluding tert-OH is 1. The van der Waals surface area contributed by atoms with Crippen LogP contribution in [0.1, 0.15) is 16.8 Å². The molecule has 0 fully saturated rings. The van der Waals surface area contributed by atoms with Gasteiger partial charge in [0.05, 0.1) is 12.3 Å². The number of rotatable bonds is 5. The molecule has 0 atom stereocenters. The summed E-state index contributed by atoms with van der Waals surface area (Å²) in [5, 5.41) is 9.10. The van der Waals surface area contributed by atoms with E-state index in [-0.39, 0.29) is 6.61 Å². The Morgan fingerprint density at radius 1 is 1.19 bits per heavy atom. The molecule has 0 spiro atoms. The van der Waals surface area contributed by atoms with E-state index >= 15 is 0 Å². The zero-order valence-electron chi connectivity index (χ0n) is 12.0. The molecule has 2 heterocycles. The minimum absolute atomic E-state index is 0.0112. The van der Waals surface area contributed by atoms with Gasteiger partial charge < -0.3 is 5.11 Å². The summed E-state index contributed by atoms with van der Waals surface area (Å²) in [6.45, 7) is 3.32. The van der Waals surface area contributed by atoms with E-state index in [1.807, 2.05) is 23.9 Å². The van der Waals surface area contributed by atoms with E-state index in [4.69, 9.17) is 5.11 Å². The fourth-order valence-corrected chi connectivity index (χ4v) is 3.63. The average molecular weight is 300 g/mol. The monoisotopic (exact) mass is 300 g/mol. The first-order valence-electron chi connectivity index (χ1n) is 7.33. The molecule has 1 aromatic heterocycles. The third kappa shape index (κ3) is 3.84. The summed E-state index contributed by atoms with van der Waals surface area (Å²) < 4.78 is 0. The van der Waals surface area contributed by atoms with Gasteiger partial charge in [-0.3, -0.25) is 9.88 Å². The van der Waals surface area contributed by atoms with Crippen LogP contribution < -0.4 is 0 Å². The third-order valence-corrected chi connectivity index (χ3v) is 4.81. The van der Waals surface area contributed by atoms with Gasteiger partial charge in [0.25, 0.3) is 0 Å². The summed E-state index contributed by atoms with van der Waals surface area (Å²) >= 11 is 1.83. The van der Waals surface area contributed by atoms with E-state index in [9.17, 15) is 0 Å². The normalized spacial score (nSPS) is 14.9. The molecular formula is C17H20N2OS. The van der Waals surface area contributed by atoms with Gasteiger partial charge in [-0.15, -0.1) is 11.8 Å². The van der Waals surface area contributed by atoms with Crippen molar-refractivity contribution in [2.75, 3.05) is 18.8 Å². The zero-order chi connectivity index (χ0) is 14.5. The Hall–Kier alpha value is -1.36. The van der Waals surface area contributed by atoms with Crippen LogP contribution in [0.25, 0.3) is 0 Å². The number of aromatic nitrogens is 1. The Morgan fingerprint density at radius 2 is 2.05 bits per heavy atom. The lowest BCUT2D eigenvalue weighted by molar-refractivity contribution is 0.270. The maximum atomic E-state index is 9.10. The highest BCUT2D eigenvalue weighted by Crippen LogP contribution is 2.21. The summed E-state index contributed by atoms with van der Waals surface area (Å²) in [7, 11) is 0. The maximum absolute atomic E-state index is 9.10. The first-order chi connectivity index (χ1) is 10.3. The van der Waals surface area contributed by atoms with Crippen LogP contribution in [0.15, 0.2) is 47.5 Å². The fraction of sp³-hybridized carbons (Fsp3) is 0.353. The van der Waals surface area contributed by atoms with Gasteiger partial charge in [-0.05, 0) is 29.7 Å². The Morgan fingerprint density at radius 3 is 2.90 bits per heavy atom. The van der Waals surface area contributed by atoms with Crippen molar-refractivity contribution >= 4 is 11.8 Å². The van der Waals surface area contributed by atoms with Crippen molar-refractivity contribution in [2.24, 2.45) is 0 Å². The first kappa shape index (κ1) is 14.6. The summed E-state index contributed by atoms with van der Waals surface area (Å²) in [5.41, 5.74) is 3.72. The van der Waals surface area contributed by atoms with Crippen molar-refractivity contribution in [1.29, 1.82) is 0 Å².